The van der Waals surface area contributed by atoms with Crippen LogP contribution in [0.4, 0.5) is 0 Å². The van der Waals surface area contributed by atoms with E-state index < -0.39 is 15.9 Å². The van der Waals surface area contributed by atoms with Crippen molar-refractivity contribution in [3.8, 4) is 0 Å². The molecule has 3 atom stereocenters. The topological polar surface area (TPSA) is 87.0 Å². The largest absolute Gasteiger partial charge is 0.411 e. The number of amides is 1. The van der Waals surface area contributed by atoms with Gasteiger partial charge in [0.1, 0.15) is 6.21 Å². The Morgan fingerprint density at radius 2 is 2.16 bits per heavy atom. The molecule has 3 fully saturated rings. The quantitative estimate of drug-likeness (QED) is 0.439. The maximum atomic E-state index is 12.3. The fourth-order valence-electron chi connectivity index (χ4n) is 4.69. The third-order valence-electron chi connectivity index (χ3n) is 5.80. The Hall–Kier alpha value is -1.11. The summed E-state index contributed by atoms with van der Waals surface area (Å²) in [6.07, 6.45) is 3.30. The van der Waals surface area contributed by atoms with Crippen molar-refractivity contribution in [2.24, 2.45) is 21.9 Å². The molecule has 106 valence electrons. The molecule has 1 spiro atoms. The molecule has 1 N–H and O–H groups in total. The summed E-state index contributed by atoms with van der Waals surface area (Å²) in [5.74, 6) is -0.221. The smallest absolute Gasteiger partial charge is 0.282 e. The van der Waals surface area contributed by atoms with Crippen LogP contribution in [0.15, 0.2) is 5.16 Å². The molecule has 1 saturated heterocycles. The first-order chi connectivity index (χ1) is 8.76. The highest BCUT2D eigenvalue weighted by Gasteiger charge is 2.72. The van der Waals surface area contributed by atoms with E-state index in [-0.39, 0.29) is 22.6 Å². The van der Waals surface area contributed by atoms with E-state index in [0.29, 0.717) is 12.1 Å². The van der Waals surface area contributed by atoms with E-state index in [9.17, 15) is 13.2 Å². The van der Waals surface area contributed by atoms with Gasteiger partial charge in [0.15, 0.2) is 0 Å². The predicted octanol–water partition coefficient (Wildman–Crippen LogP) is 0.813. The highest BCUT2D eigenvalue weighted by molar-refractivity contribution is 7.90. The van der Waals surface area contributed by atoms with E-state index in [1.165, 1.54) is 0 Å². The zero-order valence-electron chi connectivity index (χ0n) is 11.0. The van der Waals surface area contributed by atoms with E-state index in [1.807, 2.05) is 0 Å². The van der Waals surface area contributed by atoms with Crippen LogP contribution < -0.4 is 0 Å². The van der Waals surface area contributed by atoms with Crippen molar-refractivity contribution in [2.45, 2.75) is 39.2 Å². The van der Waals surface area contributed by atoms with Crippen molar-refractivity contribution in [3.05, 3.63) is 0 Å². The summed E-state index contributed by atoms with van der Waals surface area (Å²) in [7, 11) is -3.60. The van der Waals surface area contributed by atoms with Crippen LogP contribution in [0.5, 0.6) is 0 Å². The molecular formula is C12H18N2O4S. The van der Waals surface area contributed by atoms with E-state index in [4.69, 9.17) is 5.21 Å². The molecule has 3 aliphatic rings. The number of carbonyl (C=O) groups is 1. The first kappa shape index (κ1) is 12.9. The minimum Gasteiger partial charge on any atom is -0.411 e. The first-order valence-corrected chi connectivity index (χ1v) is 8.11. The van der Waals surface area contributed by atoms with E-state index in [1.54, 1.807) is 0 Å². The third-order valence-corrected chi connectivity index (χ3v) is 7.71. The van der Waals surface area contributed by atoms with Crippen molar-refractivity contribution in [3.63, 3.8) is 0 Å². The lowest BCUT2D eigenvalue weighted by molar-refractivity contribution is -0.121. The van der Waals surface area contributed by atoms with E-state index in [2.05, 4.69) is 19.0 Å². The van der Waals surface area contributed by atoms with Crippen LogP contribution in [-0.2, 0) is 14.8 Å². The number of carbonyl (C=O) groups excluding carboxylic acids is 1. The van der Waals surface area contributed by atoms with Gasteiger partial charge in [0, 0.05) is 5.41 Å². The average Bonchev–Trinajstić information content (AvgIpc) is 2.75. The van der Waals surface area contributed by atoms with Crippen LogP contribution in [0.2, 0.25) is 0 Å². The van der Waals surface area contributed by atoms with Gasteiger partial charge in [0.2, 0.25) is 10.0 Å². The summed E-state index contributed by atoms with van der Waals surface area (Å²) in [5, 5.41) is 11.1. The predicted molar refractivity (Wildman–Crippen MR) is 68.3 cm³/mol. The number of nitrogens with zero attached hydrogens (tertiary/aromatic N) is 2. The Labute approximate surface area is 112 Å². The van der Waals surface area contributed by atoms with Gasteiger partial charge in [-0.3, -0.25) is 4.79 Å². The summed E-state index contributed by atoms with van der Waals surface area (Å²) in [6, 6.07) is -0.267. The zero-order chi connectivity index (χ0) is 14.1. The summed E-state index contributed by atoms with van der Waals surface area (Å²) >= 11 is 0. The molecule has 1 amide bonds. The number of hydrogen-bond acceptors (Lipinski definition) is 5. The maximum absolute atomic E-state index is 12.3. The molecule has 3 rings (SSSR count). The summed E-state index contributed by atoms with van der Waals surface area (Å²) in [4.78, 5) is 11.9. The maximum Gasteiger partial charge on any atom is 0.282 e. The molecule has 0 aromatic carbocycles. The van der Waals surface area contributed by atoms with Gasteiger partial charge in [0.05, 0.1) is 11.8 Å². The van der Waals surface area contributed by atoms with Crippen LogP contribution in [0.3, 0.4) is 0 Å². The molecule has 0 unspecified atom stereocenters. The Morgan fingerprint density at radius 3 is 2.74 bits per heavy atom. The average molecular weight is 286 g/mol. The summed E-state index contributed by atoms with van der Waals surface area (Å²) < 4.78 is 25.6. The lowest BCUT2D eigenvalue weighted by Crippen LogP contribution is -2.44. The molecule has 0 aromatic heterocycles. The number of sulfonamides is 1. The molecule has 2 aliphatic carbocycles. The lowest BCUT2D eigenvalue weighted by Gasteiger charge is -2.36. The van der Waals surface area contributed by atoms with Gasteiger partial charge in [-0.1, -0.05) is 19.0 Å². The van der Waals surface area contributed by atoms with Crippen molar-refractivity contribution in [2.75, 3.05) is 5.75 Å². The molecule has 6 nitrogen and oxygen atoms in total. The fourth-order valence-corrected chi connectivity index (χ4v) is 7.18. The van der Waals surface area contributed by atoms with Crippen molar-refractivity contribution in [1.29, 1.82) is 0 Å². The van der Waals surface area contributed by atoms with Gasteiger partial charge < -0.3 is 5.21 Å². The molecule has 2 bridgehead atoms. The minimum absolute atomic E-state index is 0.0408. The standard InChI is InChI=1S/C12H18N2O4S/c1-11(2)8-3-4-12(11)7-19(17,18)14(9(12)5-8)10(15)6-13-16/h6,8-9,16H,3-5,7H2,1-2H3/b13-6+/t8-,9-,12-/m1/s1. The normalized spacial score (nSPS) is 41.9. The second-order valence-corrected chi connectivity index (χ2v) is 8.35. The van der Waals surface area contributed by atoms with E-state index in [0.717, 1.165) is 23.6 Å². The Balaban J connectivity index is 2.09. The number of fused-ring (bicyclic) bond motifs is 1. The van der Waals surface area contributed by atoms with E-state index >= 15 is 0 Å². The summed E-state index contributed by atoms with van der Waals surface area (Å²) in [6.45, 7) is 4.24. The lowest BCUT2D eigenvalue weighted by atomic mass is 9.69. The van der Waals surface area contributed by atoms with Crippen LogP contribution in [-0.4, -0.2) is 41.8 Å². The summed E-state index contributed by atoms with van der Waals surface area (Å²) in [5.41, 5.74) is -0.383. The Kier molecular flexibility index (Phi) is 2.38. The molecule has 1 heterocycles. The van der Waals surface area contributed by atoms with Gasteiger partial charge in [-0.25, -0.2) is 12.7 Å². The Morgan fingerprint density at radius 1 is 1.47 bits per heavy atom. The van der Waals surface area contributed by atoms with Gasteiger partial charge >= 0.3 is 0 Å². The second kappa shape index (κ2) is 3.50. The monoisotopic (exact) mass is 286 g/mol. The minimum atomic E-state index is -3.60. The number of rotatable bonds is 1. The highest BCUT2D eigenvalue weighted by atomic mass is 32.2. The van der Waals surface area contributed by atoms with Crippen molar-refractivity contribution < 1.29 is 18.4 Å². The fraction of sp³-hybridized carbons (Fsp3) is 0.833. The number of hydrogen-bond donors (Lipinski definition) is 1. The van der Waals surface area contributed by atoms with Crippen LogP contribution >= 0.6 is 0 Å². The van der Waals surface area contributed by atoms with Crippen LogP contribution in [0, 0.1) is 16.7 Å². The first-order valence-electron chi connectivity index (χ1n) is 6.50. The molecule has 0 aromatic rings. The molecular weight excluding hydrogens is 268 g/mol. The Bertz CT molecular complexity index is 568. The zero-order valence-corrected chi connectivity index (χ0v) is 11.9. The highest BCUT2D eigenvalue weighted by Crippen LogP contribution is 2.69. The van der Waals surface area contributed by atoms with Crippen LogP contribution in [0.1, 0.15) is 33.1 Å². The second-order valence-electron chi connectivity index (χ2n) is 6.50. The van der Waals surface area contributed by atoms with Gasteiger partial charge in [-0.2, -0.15) is 0 Å². The molecule has 1 aliphatic heterocycles. The third kappa shape index (κ3) is 1.34. The van der Waals surface area contributed by atoms with Crippen LogP contribution in [0.25, 0.3) is 0 Å². The van der Waals surface area contributed by atoms with Gasteiger partial charge in [-0.05, 0) is 30.6 Å². The van der Waals surface area contributed by atoms with Gasteiger partial charge in [0.25, 0.3) is 5.91 Å². The molecule has 7 heteroatoms. The SMILES string of the molecule is CC1(C)[C@@H]2CC[C@]13CS(=O)(=O)N(C(=O)/C=N/O)[C@@H]3C2. The van der Waals surface area contributed by atoms with Crippen molar-refractivity contribution in [1.82, 2.24) is 4.31 Å². The van der Waals surface area contributed by atoms with Crippen molar-refractivity contribution >= 4 is 22.1 Å². The molecule has 19 heavy (non-hydrogen) atoms. The van der Waals surface area contributed by atoms with Gasteiger partial charge in [-0.15, -0.1) is 0 Å². The molecule has 0 radical (unpaired) electrons. The molecule has 2 saturated carbocycles. The number of oxime groups is 1.